The first-order valence-electron chi connectivity index (χ1n) is 5.73. The maximum atomic E-state index is 5.82. The molecule has 2 rings (SSSR count). The van der Waals surface area contributed by atoms with Crippen LogP contribution in [0.1, 0.15) is 30.7 Å². The van der Waals surface area contributed by atoms with Crippen molar-refractivity contribution < 1.29 is 0 Å². The number of anilines is 1. The van der Waals surface area contributed by atoms with Crippen LogP contribution >= 0.6 is 11.6 Å². The normalized spacial score (nSPS) is 15.9. The molecule has 16 heavy (non-hydrogen) atoms. The highest BCUT2D eigenvalue weighted by molar-refractivity contribution is 6.18. The molecule has 0 unspecified atom stereocenters. The second-order valence-corrected chi connectivity index (χ2v) is 4.63. The van der Waals surface area contributed by atoms with Gasteiger partial charge in [0, 0.05) is 18.5 Å². The third-order valence-corrected chi connectivity index (χ3v) is 3.35. The quantitative estimate of drug-likeness (QED) is 0.756. The molecule has 0 N–H and O–H groups in total. The van der Waals surface area contributed by atoms with E-state index in [0.29, 0.717) is 11.9 Å². The summed E-state index contributed by atoms with van der Waals surface area (Å²) < 4.78 is 0. The molecule has 0 aliphatic heterocycles. The molecule has 0 saturated heterocycles. The van der Waals surface area contributed by atoms with Crippen molar-refractivity contribution in [3.8, 4) is 0 Å². The largest absolute Gasteiger partial charge is 0.335 e. The molecule has 1 heterocycles. The fourth-order valence-electron chi connectivity index (χ4n) is 1.80. The average Bonchev–Trinajstić information content (AvgIpc) is 2.19. The molecule has 1 saturated carbocycles. The van der Waals surface area contributed by atoms with E-state index >= 15 is 0 Å². The fraction of sp³-hybridized carbons (Fsp3) is 0.727. The molecule has 0 bridgehead atoms. The van der Waals surface area contributed by atoms with E-state index in [2.05, 4.69) is 20.1 Å². The van der Waals surface area contributed by atoms with Crippen LogP contribution in [0.5, 0.6) is 0 Å². The maximum absolute atomic E-state index is 5.82. The van der Waals surface area contributed by atoms with Crippen molar-refractivity contribution in [3.63, 3.8) is 0 Å². The van der Waals surface area contributed by atoms with Crippen LogP contribution in [0.3, 0.4) is 0 Å². The molecule has 1 aromatic rings. The topological polar surface area (TPSA) is 41.9 Å². The minimum Gasteiger partial charge on any atom is -0.335 e. The lowest BCUT2D eigenvalue weighted by atomic mass is 9.92. The van der Waals surface area contributed by atoms with Gasteiger partial charge in [0.05, 0.1) is 11.4 Å². The third-order valence-electron chi connectivity index (χ3n) is 3.18. The Morgan fingerprint density at radius 2 is 2.00 bits per heavy atom. The lowest BCUT2D eigenvalue weighted by Crippen LogP contribution is -2.42. The summed E-state index contributed by atoms with van der Waals surface area (Å²) in [4.78, 5) is 6.68. The van der Waals surface area contributed by atoms with Crippen molar-refractivity contribution in [2.24, 2.45) is 0 Å². The van der Waals surface area contributed by atoms with Crippen molar-refractivity contribution in [1.82, 2.24) is 15.2 Å². The standard InChI is InChI=1S/C11H17ClN4/c1-8-9(2)14-15-11(13-8)16(7-6-12)10-4-3-5-10/h10H,3-7H2,1-2H3. The molecule has 5 heteroatoms. The predicted octanol–water partition coefficient (Wildman–Crippen LogP) is 2.09. The molecule has 0 spiro atoms. The molecule has 1 fully saturated rings. The molecule has 0 amide bonds. The average molecular weight is 241 g/mol. The highest BCUT2D eigenvalue weighted by Gasteiger charge is 2.26. The van der Waals surface area contributed by atoms with Gasteiger partial charge in [0.25, 0.3) is 0 Å². The van der Waals surface area contributed by atoms with Crippen LogP contribution in [0.15, 0.2) is 0 Å². The van der Waals surface area contributed by atoms with Crippen LogP contribution < -0.4 is 4.90 Å². The van der Waals surface area contributed by atoms with Crippen LogP contribution in [0.4, 0.5) is 5.95 Å². The van der Waals surface area contributed by atoms with E-state index < -0.39 is 0 Å². The van der Waals surface area contributed by atoms with Gasteiger partial charge in [-0.25, -0.2) is 4.98 Å². The Bertz CT molecular complexity index is 365. The molecule has 0 atom stereocenters. The third kappa shape index (κ3) is 2.26. The van der Waals surface area contributed by atoms with Crippen molar-refractivity contribution in [3.05, 3.63) is 11.4 Å². The lowest BCUT2D eigenvalue weighted by Gasteiger charge is -2.37. The van der Waals surface area contributed by atoms with Crippen molar-refractivity contribution in [1.29, 1.82) is 0 Å². The number of hydrogen-bond acceptors (Lipinski definition) is 4. The number of nitrogens with zero attached hydrogens (tertiary/aromatic N) is 4. The summed E-state index contributed by atoms with van der Waals surface area (Å²) in [5.41, 5.74) is 1.84. The number of halogens is 1. The highest BCUT2D eigenvalue weighted by atomic mass is 35.5. The van der Waals surface area contributed by atoms with E-state index in [1.807, 2.05) is 13.8 Å². The Labute approximate surface area is 101 Å². The first-order chi connectivity index (χ1) is 7.72. The van der Waals surface area contributed by atoms with Crippen molar-refractivity contribution in [2.45, 2.75) is 39.2 Å². The van der Waals surface area contributed by atoms with Gasteiger partial charge in [-0.15, -0.1) is 16.7 Å². The van der Waals surface area contributed by atoms with E-state index in [-0.39, 0.29) is 0 Å². The summed E-state index contributed by atoms with van der Waals surface area (Å²) in [5, 5.41) is 8.29. The number of alkyl halides is 1. The zero-order valence-corrected chi connectivity index (χ0v) is 10.5. The Hall–Kier alpha value is -0.900. The second-order valence-electron chi connectivity index (χ2n) is 4.25. The van der Waals surface area contributed by atoms with E-state index in [1.165, 1.54) is 19.3 Å². The second kappa shape index (κ2) is 4.95. The minimum absolute atomic E-state index is 0.558. The van der Waals surface area contributed by atoms with Crippen LogP contribution in [0.25, 0.3) is 0 Å². The molecule has 1 aliphatic carbocycles. The van der Waals surface area contributed by atoms with Crippen LogP contribution in [0, 0.1) is 13.8 Å². The Balaban J connectivity index is 2.20. The molecule has 1 aliphatic rings. The summed E-state index contributed by atoms with van der Waals surface area (Å²) in [7, 11) is 0. The van der Waals surface area contributed by atoms with Gasteiger partial charge < -0.3 is 4.90 Å². The molecule has 0 radical (unpaired) electrons. The van der Waals surface area contributed by atoms with Crippen molar-refractivity contribution >= 4 is 17.5 Å². The summed E-state index contributed by atoms with van der Waals surface area (Å²) in [6, 6.07) is 0.558. The summed E-state index contributed by atoms with van der Waals surface area (Å²) in [6.07, 6.45) is 3.72. The zero-order valence-electron chi connectivity index (χ0n) is 9.78. The SMILES string of the molecule is Cc1nnc(N(CCCl)C2CCC2)nc1C. The van der Waals surface area contributed by atoms with Gasteiger partial charge in [0.15, 0.2) is 0 Å². The number of hydrogen-bond donors (Lipinski definition) is 0. The van der Waals surface area contributed by atoms with Gasteiger partial charge in [0.2, 0.25) is 5.95 Å². The molecule has 4 nitrogen and oxygen atoms in total. The van der Waals surface area contributed by atoms with Gasteiger partial charge >= 0.3 is 0 Å². The van der Waals surface area contributed by atoms with E-state index in [1.54, 1.807) is 0 Å². The molecule has 0 aromatic carbocycles. The predicted molar refractivity (Wildman–Crippen MR) is 65.0 cm³/mol. The summed E-state index contributed by atoms with van der Waals surface area (Å²) in [5.74, 6) is 1.33. The monoisotopic (exact) mass is 240 g/mol. The molecular weight excluding hydrogens is 224 g/mol. The first-order valence-corrected chi connectivity index (χ1v) is 6.26. The van der Waals surface area contributed by atoms with Crippen LogP contribution in [0.2, 0.25) is 0 Å². The van der Waals surface area contributed by atoms with Gasteiger partial charge in [0.1, 0.15) is 0 Å². The van der Waals surface area contributed by atoms with Gasteiger partial charge in [-0.1, -0.05) is 0 Å². The maximum Gasteiger partial charge on any atom is 0.245 e. The Morgan fingerprint density at radius 1 is 1.25 bits per heavy atom. The number of aromatic nitrogens is 3. The van der Waals surface area contributed by atoms with Crippen LogP contribution in [-0.4, -0.2) is 33.6 Å². The lowest BCUT2D eigenvalue weighted by molar-refractivity contribution is 0.385. The molecule has 88 valence electrons. The minimum atomic E-state index is 0.558. The van der Waals surface area contributed by atoms with E-state index in [4.69, 9.17) is 11.6 Å². The first kappa shape index (κ1) is 11.6. The van der Waals surface area contributed by atoms with Gasteiger partial charge in [-0.3, -0.25) is 0 Å². The summed E-state index contributed by atoms with van der Waals surface area (Å²) in [6.45, 7) is 4.69. The van der Waals surface area contributed by atoms with Crippen LogP contribution in [-0.2, 0) is 0 Å². The fourth-order valence-corrected chi connectivity index (χ4v) is 1.98. The Kier molecular flexibility index (Phi) is 3.59. The summed E-state index contributed by atoms with van der Waals surface area (Å²) >= 11 is 5.82. The van der Waals surface area contributed by atoms with Gasteiger partial charge in [-0.05, 0) is 33.1 Å². The smallest absolute Gasteiger partial charge is 0.245 e. The highest BCUT2D eigenvalue weighted by Crippen LogP contribution is 2.27. The van der Waals surface area contributed by atoms with E-state index in [9.17, 15) is 0 Å². The zero-order chi connectivity index (χ0) is 11.5. The van der Waals surface area contributed by atoms with E-state index in [0.717, 1.165) is 23.9 Å². The number of rotatable bonds is 4. The number of aryl methyl sites for hydroxylation is 2. The molecular formula is C11H17ClN4. The molecule has 1 aromatic heterocycles. The Morgan fingerprint density at radius 3 is 2.50 bits per heavy atom. The van der Waals surface area contributed by atoms with Gasteiger partial charge in [-0.2, -0.15) is 5.10 Å². The van der Waals surface area contributed by atoms with Crippen molar-refractivity contribution in [2.75, 3.05) is 17.3 Å².